The number of methoxy groups -OCH3 is 5. The van der Waals surface area contributed by atoms with Gasteiger partial charge in [-0.05, 0) is 8.32 Å². The quantitative estimate of drug-likeness (QED) is 0.508. The van der Waals surface area contributed by atoms with Crippen molar-refractivity contribution >= 4 is 36.6 Å². The van der Waals surface area contributed by atoms with Gasteiger partial charge in [0.2, 0.25) is 17.2 Å². The summed E-state index contributed by atoms with van der Waals surface area (Å²) in [5.74, 6) is 1.69. The third kappa shape index (κ3) is 4.26. The molecular formula is C13H21ClMgO6Si. The average molecular weight is 361 g/mol. The molecule has 0 N–H and O–H groups in total. The normalized spacial score (nSPS) is 10.0. The minimum atomic E-state index is -3.01. The molecule has 0 amide bonds. The Labute approximate surface area is 154 Å². The monoisotopic (exact) mass is 360 g/mol. The second-order valence-corrected chi connectivity index (χ2v) is 8.07. The van der Waals surface area contributed by atoms with Crippen LogP contribution in [-0.4, -0.2) is 66.9 Å². The number of hydrogen-bond donors (Lipinski definition) is 0. The first kappa shape index (κ1) is 23.7. The number of ether oxygens (including phenoxy) is 5. The molecule has 0 unspecified atom stereocenters. The van der Waals surface area contributed by atoms with Crippen molar-refractivity contribution in [3.8, 4) is 28.7 Å². The number of halogens is 1. The van der Waals surface area contributed by atoms with E-state index in [0.29, 0.717) is 33.9 Å². The molecule has 0 saturated heterocycles. The van der Waals surface area contributed by atoms with Gasteiger partial charge in [-0.1, -0.05) is 13.1 Å². The van der Waals surface area contributed by atoms with Crippen LogP contribution in [-0.2, 0) is 0 Å². The van der Waals surface area contributed by atoms with E-state index in [4.69, 9.17) is 23.7 Å². The largest absolute Gasteiger partial charge is 2.00 e. The van der Waals surface area contributed by atoms with Crippen LogP contribution in [0.15, 0.2) is 0 Å². The Morgan fingerprint density at radius 3 is 1.05 bits per heavy atom. The molecule has 0 spiro atoms. The molecule has 0 bridgehead atoms. The molecule has 0 aliphatic carbocycles. The van der Waals surface area contributed by atoms with Crippen LogP contribution in [0.2, 0.25) is 13.1 Å². The molecule has 0 aliphatic rings. The van der Waals surface area contributed by atoms with Gasteiger partial charge in [0.15, 0.2) is 11.5 Å². The average Bonchev–Trinajstić information content (AvgIpc) is 2.42. The van der Waals surface area contributed by atoms with Gasteiger partial charge in [0.05, 0.1) is 35.5 Å². The maximum absolute atomic E-state index is 12.6. The van der Waals surface area contributed by atoms with Crippen molar-refractivity contribution in [1.82, 2.24) is 0 Å². The van der Waals surface area contributed by atoms with Gasteiger partial charge in [0.25, 0.3) is 0 Å². The fraction of sp³-hybridized carbons (Fsp3) is 0.538. The van der Waals surface area contributed by atoms with E-state index in [9.17, 15) is 4.80 Å². The summed E-state index contributed by atoms with van der Waals surface area (Å²) in [5.41, 5.74) is 0. The maximum atomic E-state index is 12.6. The van der Waals surface area contributed by atoms with Crippen LogP contribution >= 0.6 is 0 Å². The summed E-state index contributed by atoms with van der Waals surface area (Å²) in [6.07, 6.45) is 0. The summed E-state index contributed by atoms with van der Waals surface area (Å²) < 4.78 is 26.7. The molecule has 122 valence electrons. The molecule has 0 aliphatic heterocycles. The van der Waals surface area contributed by atoms with E-state index >= 15 is 0 Å². The van der Waals surface area contributed by atoms with E-state index in [0.717, 1.165) is 0 Å². The summed E-state index contributed by atoms with van der Waals surface area (Å²) in [7, 11) is 4.40. The summed E-state index contributed by atoms with van der Waals surface area (Å²) in [6.45, 7) is 3.30. The third-order valence-electron chi connectivity index (χ3n) is 2.90. The van der Waals surface area contributed by atoms with Crippen LogP contribution in [0.4, 0.5) is 0 Å². The van der Waals surface area contributed by atoms with Crippen molar-refractivity contribution in [2.45, 2.75) is 13.1 Å². The van der Waals surface area contributed by atoms with Gasteiger partial charge in [0.1, 0.15) is 0 Å². The molecular weight excluding hydrogens is 340 g/mol. The standard InChI is InChI=1S/C13H21O6Si.ClH.Mg/c1-15-8-9(16-2)11(18-4)13(20(6,7)14)12(19-5)10(8)17-3;;/h1-7H3;1H;/q-1;;+2/p-1. The van der Waals surface area contributed by atoms with Crippen molar-refractivity contribution in [3.05, 3.63) is 0 Å². The molecule has 9 heteroatoms. The number of hydrogen-bond acceptors (Lipinski definition) is 6. The Morgan fingerprint density at radius 2 is 0.864 bits per heavy atom. The Hall–Kier alpha value is -0.547. The van der Waals surface area contributed by atoms with E-state index in [1.807, 2.05) is 0 Å². The molecule has 1 aromatic rings. The Kier molecular flexibility index (Phi) is 10.3. The summed E-state index contributed by atoms with van der Waals surface area (Å²) in [5, 5.41) is 0.456. The van der Waals surface area contributed by atoms with Gasteiger partial charge in [0, 0.05) is 5.19 Å². The van der Waals surface area contributed by atoms with E-state index < -0.39 is 8.32 Å². The number of benzene rings is 1. The molecule has 0 radical (unpaired) electrons. The van der Waals surface area contributed by atoms with Gasteiger partial charge >= 0.3 is 23.1 Å². The second-order valence-electron chi connectivity index (χ2n) is 4.55. The zero-order valence-corrected chi connectivity index (χ0v) is 17.2. The topological polar surface area (TPSA) is 69.2 Å². The molecule has 1 rings (SSSR count). The van der Waals surface area contributed by atoms with Gasteiger partial charge in [-0.25, -0.2) is 0 Å². The van der Waals surface area contributed by atoms with Crippen molar-refractivity contribution in [1.29, 1.82) is 0 Å². The Morgan fingerprint density at radius 1 is 0.636 bits per heavy atom. The maximum Gasteiger partial charge on any atom is 2.00 e. The van der Waals surface area contributed by atoms with Gasteiger partial charge in [-0.15, -0.1) is 0 Å². The van der Waals surface area contributed by atoms with E-state index in [1.165, 1.54) is 35.5 Å². The molecule has 0 saturated carbocycles. The van der Waals surface area contributed by atoms with E-state index in [-0.39, 0.29) is 35.5 Å². The smallest absolute Gasteiger partial charge is 1.00 e. The van der Waals surface area contributed by atoms with Crippen LogP contribution in [0.3, 0.4) is 0 Å². The van der Waals surface area contributed by atoms with Crippen molar-refractivity contribution in [2.24, 2.45) is 0 Å². The van der Waals surface area contributed by atoms with Crippen LogP contribution in [0, 0.1) is 0 Å². The molecule has 0 heterocycles. The van der Waals surface area contributed by atoms with Gasteiger partial charge < -0.3 is 40.9 Å². The first-order valence-corrected chi connectivity index (χ1v) is 8.92. The number of rotatable bonds is 6. The second kappa shape index (κ2) is 9.56. The first-order valence-electron chi connectivity index (χ1n) is 6.02. The fourth-order valence-corrected chi connectivity index (χ4v) is 3.66. The van der Waals surface area contributed by atoms with Crippen LogP contribution in [0.25, 0.3) is 0 Å². The fourth-order valence-electron chi connectivity index (χ4n) is 2.13. The van der Waals surface area contributed by atoms with Gasteiger partial charge in [-0.3, -0.25) is 0 Å². The molecule has 0 fully saturated rings. The predicted molar refractivity (Wildman–Crippen MR) is 82.1 cm³/mol. The molecule has 0 atom stereocenters. The zero-order valence-electron chi connectivity index (χ0n) is 14.0. The van der Waals surface area contributed by atoms with Crippen molar-refractivity contribution in [3.63, 3.8) is 0 Å². The Balaban J connectivity index is 0. The van der Waals surface area contributed by atoms with Crippen molar-refractivity contribution in [2.75, 3.05) is 35.5 Å². The van der Waals surface area contributed by atoms with Crippen molar-refractivity contribution < 1.29 is 40.9 Å². The molecule has 1 aromatic carbocycles. The third-order valence-corrected chi connectivity index (χ3v) is 4.56. The van der Waals surface area contributed by atoms with Crippen LogP contribution in [0.5, 0.6) is 28.7 Å². The Bertz CT molecular complexity index is 459. The minimum Gasteiger partial charge on any atom is -1.00 e. The summed E-state index contributed by atoms with van der Waals surface area (Å²) >= 11 is 0. The minimum absolute atomic E-state index is 0. The van der Waals surface area contributed by atoms with Crippen LogP contribution < -0.4 is 46.1 Å². The summed E-state index contributed by atoms with van der Waals surface area (Å²) in [6, 6.07) is 0. The van der Waals surface area contributed by atoms with E-state index in [1.54, 1.807) is 13.1 Å². The molecule has 0 aromatic heterocycles. The van der Waals surface area contributed by atoms with E-state index in [2.05, 4.69) is 0 Å². The molecule has 6 nitrogen and oxygen atoms in total. The SMILES string of the molecule is COc1c(OC)c(OC)c([Si](C)(C)[O-])c(OC)c1OC.[Cl-].[Mg+2]. The first-order chi connectivity index (χ1) is 9.37. The van der Waals surface area contributed by atoms with Crippen LogP contribution in [0.1, 0.15) is 0 Å². The zero-order chi connectivity index (χ0) is 15.5. The summed E-state index contributed by atoms with van der Waals surface area (Å²) in [4.78, 5) is 12.6. The molecule has 22 heavy (non-hydrogen) atoms. The van der Waals surface area contributed by atoms with Gasteiger partial charge in [-0.2, -0.15) is 0 Å². The predicted octanol–water partition coefficient (Wildman–Crippen LogP) is -2.87.